The molecule has 1 N–H and O–H groups in total. The summed E-state index contributed by atoms with van der Waals surface area (Å²) in [4.78, 5) is 14.5. The van der Waals surface area contributed by atoms with Gasteiger partial charge in [-0.25, -0.2) is 0 Å². The Kier molecular flexibility index (Phi) is 6.32. The van der Waals surface area contributed by atoms with E-state index in [2.05, 4.69) is 5.32 Å². The summed E-state index contributed by atoms with van der Waals surface area (Å²) in [6, 6.07) is 18.2. The van der Waals surface area contributed by atoms with E-state index < -0.39 is 0 Å². The van der Waals surface area contributed by atoms with Crippen LogP contribution in [-0.4, -0.2) is 15.9 Å². The zero-order valence-corrected chi connectivity index (χ0v) is 18.8. The van der Waals surface area contributed by atoms with Crippen molar-refractivity contribution in [1.29, 1.82) is 0 Å². The monoisotopic (exact) mass is 472 g/mol. The molecule has 0 radical (unpaired) electrons. The number of para-hydroxylation sites is 1. The Morgan fingerprint density at radius 3 is 2.52 bits per heavy atom. The third-order valence-electron chi connectivity index (χ3n) is 4.83. The fourth-order valence-electron chi connectivity index (χ4n) is 3.24. The first-order valence-corrected chi connectivity index (χ1v) is 10.7. The molecule has 8 heteroatoms. The van der Waals surface area contributed by atoms with E-state index in [-0.39, 0.29) is 18.6 Å². The maximum Gasteiger partial charge on any atom is 0.277 e. The molecule has 5 nitrogen and oxygen atoms in total. The summed E-state index contributed by atoms with van der Waals surface area (Å²) in [7, 11) is 0. The molecular weight excluding hydrogens is 455 g/mol. The Hall–Kier alpha value is -2.80. The van der Waals surface area contributed by atoms with Gasteiger partial charge in [-0.3, -0.25) is 9.69 Å². The van der Waals surface area contributed by atoms with E-state index >= 15 is 0 Å². The quantitative estimate of drug-likeness (QED) is 0.353. The molecule has 1 atom stereocenters. The standard InChI is InChI=1S/C23H18Cl2N2O3S/c1-14(15-6-3-2-4-7-15)27-22(28)20(26-23(27)31)12-16-10-11-17(30-16)13-29-21-18(24)8-5-9-19(21)25/h2-12,14H,13H2,1H3,(H,26,31)/b20-12-. The van der Waals surface area contributed by atoms with Crippen LogP contribution in [0.1, 0.15) is 30.0 Å². The van der Waals surface area contributed by atoms with Crippen molar-refractivity contribution in [2.75, 3.05) is 0 Å². The molecule has 1 fully saturated rings. The van der Waals surface area contributed by atoms with E-state index in [4.69, 9.17) is 44.6 Å². The van der Waals surface area contributed by atoms with Gasteiger partial charge in [0.25, 0.3) is 5.91 Å². The van der Waals surface area contributed by atoms with Gasteiger partial charge in [0, 0.05) is 6.08 Å². The Morgan fingerprint density at radius 1 is 1.10 bits per heavy atom. The summed E-state index contributed by atoms with van der Waals surface area (Å²) in [5, 5.41) is 4.17. The summed E-state index contributed by atoms with van der Waals surface area (Å²) in [5.74, 6) is 1.24. The number of furan rings is 1. The summed E-state index contributed by atoms with van der Waals surface area (Å²) in [6.45, 7) is 2.08. The third kappa shape index (κ3) is 4.61. The van der Waals surface area contributed by atoms with Crippen LogP contribution in [0.3, 0.4) is 0 Å². The van der Waals surface area contributed by atoms with Crippen LogP contribution in [0.2, 0.25) is 10.0 Å². The summed E-state index contributed by atoms with van der Waals surface area (Å²) in [6.07, 6.45) is 1.62. The molecule has 1 saturated heterocycles. The lowest BCUT2D eigenvalue weighted by Gasteiger charge is -2.23. The van der Waals surface area contributed by atoms with Gasteiger partial charge >= 0.3 is 0 Å². The Bertz CT molecular complexity index is 1140. The first kappa shape index (κ1) is 21.4. The smallest absolute Gasteiger partial charge is 0.277 e. The number of carbonyl (C=O) groups excluding carboxylic acids is 1. The fraction of sp³-hybridized carbons (Fsp3) is 0.130. The van der Waals surface area contributed by atoms with Crippen LogP contribution in [0.5, 0.6) is 5.75 Å². The molecule has 3 aromatic rings. The molecule has 4 rings (SSSR count). The molecule has 1 unspecified atom stereocenters. The SMILES string of the molecule is CC(c1ccccc1)N1C(=O)/C(=C/c2ccc(COc3c(Cl)cccc3Cl)o2)NC1=S. The van der Waals surface area contributed by atoms with E-state index in [9.17, 15) is 4.79 Å². The van der Waals surface area contributed by atoms with Crippen LogP contribution in [0.4, 0.5) is 0 Å². The second-order valence-electron chi connectivity index (χ2n) is 6.89. The summed E-state index contributed by atoms with van der Waals surface area (Å²) >= 11 is 17.6. The van der Waals surface area contributed by atoms with Gasteiger partial charge in [0.2, 0.25) is 0 Å². The van der Waals surface area contributed by atoms with Crippen molar-refractivity contribution in [2.24, 2.45) is 0 Å². The second-order valence-corrected chi connectivity index (χ2v) is 8.09. The third-order valence-corrected chi connectivity index (χ3v) is 5.72. The van der Waals surface area contributed by atoms with Gasteiger partial charge in [-0.2, -0.15) is 0 Å². The van der Waals surface area contributed by atoms with E-state index in [1.807, 2.05) is 37.3 Å². The van der Waals surface area contributed by atoms with Crippen molar-refractivity contribution in [2.45, 2.75) is 19.6 Å². The number of hydrogen-bond donors (Lipinski definition) is 1. The molecule has 0 bridgehead atoms. The predicted molar refractivity (Wildman–Crippen MR) is 125 cm³/mol. The molecule has 1 aromatic heterocycles. The number of hydrogen-bond acceptors (Lipinski definition) is 4. The highest BCUT2D eigenvalue weighted by molar-refractivity contribution is 7.80. The van der Waals surface area contributed by atoms with Crippen molar-refractivity contribution in [3.8, 4) is 5.75 Å². The van der Waals surface area contributed by atoms with Gasteiger partial charge in [0.15, 0.2) is 10.9 Å². The second kappa shape index (κ2) is 9.14. The molecule has 1 aliphatic rings. The average Bonchev–Trinajstić information content (AvgIpc) is 3.31. The van der Waals surface area contributed by atoms with Crippen molar-refractivity contribution in [3.63, 3.8) is 0 Å². The largest absolute Gasteiger partial charge is 0.483 e. The van der Waals surface area contributed by atoms with Crippen molar-refractivity contribution < 1.29 is 13.9 Å². The normalized spacial score (nSPS) is 16.0. The van der Waals surface area contributed by atoms with Crippen LogP contribution in [-0.2, 0) is 11.4 Å². The topological polar surface area (TPSA) is 54.7 Å². The zero-order chi connectivity index (χ0) is 22.0. The Morgan fingerprint density at radius 2 is 1.81 bits per heavy atom. The fourth-order valence-corrected chi connectivity index (χ4v) is 4.09. The number of rotatable bonds is 6. The van der Waals surface area contributed by atoms with Crippen LogP contribution >= 0.6 is 35.4 Å². The first-order chi connectivity index (χ1) is 14.9. The highest BCUT2D eigenvalue weighted by Gasteiger charge is 2.35. The minimum Gasteiger partial charge on any atom is -0.483 e. The molecule has 31 heavy (non-hydrogen) atoms. The number of ether oxygens (including phenoxy) is 1. The highest BCUT2D eigenvalue weighted by atomic mass is 35.5. The van der Waals surface area contributed by atoms with Crippen LogP contribution in [0.25, 0.3) is 6.08 Å². The number of nitrogens with zero attached hydrogens (tertiary/aromatic N) is 1. The highest BCUT2D eigenvalue weighted by Crippen LogP contribution is 2.33. The number of amides is 1. The zero-order valence-electron chi connectivity index (χ0n) is 16.5. The molecule has 2 heterocycles. The molecule has 1 amide bonds. The van der Waals surface area contributed by atoms with Crippen molar-refractivity contribution in [3.05, 3.63) is 93.5 Å². The molecule has 0 aliphatic carbocycles. The number of nitrogens with one attached hydrogen (secondary N) is 1. The van der Waals surface area contributed by atoms with Crippen molar-refractivity contribution in [1.82, 2.24) is 10.2 Å². The minimum atomic E-state index is -0.210. The van der Waals surface area contributed by atoms with Crippen molar-refractivity contribution >= 4 is 52.5 Å². The molecule has 0 saturated carbocycles. The molecule has 0 spiro atoms. The van der Waals surface area contributed by atoms with Gasteiger partial charge in [-0.1, -0.05) is 59.6 Å². The lowest BCUT2D eigenvalue weighted by atomic mass is 10.1. The van der Waals surface area contributed by atoms with Gasteiger partial charge in [-0.15, -0.1) is 0 Å². The predicted octanol–water partition coefficient (Wildman–Crippen LogP) is 5.98. The van der Waals surface area contributed by atoms with Crippen LogP contribution in [0, 0.1) is 0 Å². The maximum absolute atomic E-state index is 12.9. The number of halogens is 2. The van der Waals surface area contributed by atoms with Gasteiger partial charge < -0.3 is 14.5 Å². The van der Waals surface area contributed by atoms with E-state index in [1.54, 1.807) is 41.3 Å². The minimum absolute atomic E-state index is 0.142. The number of benzene rings is 2. The first-order valence-electron chi connectivity index (χ1n) is 9.50. The van der Waals surface area contributed by atoms with E-state index in [0.29, 0.717) is 38.1 Å². The summed E-state index contributed by atoms with van der Waals surface area (Å²) < 4.78 is 11.5. The summed E-state index contributed by atoms with van der Waals surface area (Å²) in [5.41, 5.74) is 1.35. The molecule has 2 aromatic carbocycles. The lowest BCUT2D eigenvalue weighted by Crippen LogP contribution is -2.33. The molecule has 1 aliphatic heterocycles. The maximum atomic E-state index is 12.9. The van der Waals surface area contributed by atoms with Crippen LogP contribution < -0.4 is 10.1 Å². The van der Waals surface area contributed by atoms with E-state index in [0.717, 1.165) is 5.56 Å². The number of thiocarbonyl (C=S) groups is 1. The van der Waals surface area contributed by atoms with Crippen LogP contribution in [0.15, 0.2) is 70.8 Å². The van der Waals surface area contributed by atoms with Gasteiger partial charge in [0.05, 0.1) is 16.1 Å². The number of carbonyl (C=O) groups is 1. The van der Waals surface area contributed by atoms with Gasteiger partial charge in [0.1, 0.15) is 23.8 Å². The molecular formula is C23H18Cl2N2O3S. The average molecular weight is 473 g/mol. The molecule has 158 valence electrons. The Balaban J connectivity index is 1.46. The van der Waals surface area contributed by atoms with Gasteiger partial charge in [-0.05, 0) is 49.0 Å². The van der Waals surface area contributed by atoms with E-state index in [1.165, 1.54) is 0 Å². The Labute approximate surface area is 195 Å². The lowest BCUT2D eigenvalue weighted by molar-refractivity contribution is -0.123.